The van der Waals surface area contributed by atoms with Crippen molar-refractivity contribution in [1.82, 2.24) is 5.32 Å². The van der Waals surface area contributed by atoms with Crippen molar-refractivity contribution >= 4 is 29.9 Å². The van der Waals surface area contributed by atoms with Crippen LogP contribution in [0.4, 0.5) is 8.78 Å². The van der Waals surface area contributed by atoms with Gasteiger partial charge in [0.2, 0.25) is 5.91 Å². The van der Waals surface area contributed by atoms with E-state index in [0.29, 0.717) is 10.8 Å². The highest BCUT2D eigenvalue weighted by molar-refractivity contribution is 6.32. The number of benzene rings is 1. The lowest BCUT2D eigenvalue weighted by molar-refractivity contribution is -0.123. The highest BCUT2D eigenvalue weighted by atomic mass is 35.5. The number of amides is 1. The fourth-order valence-corrected chi connectivity index (χ4v) is 1.39. The molecule has 0 aliphatic rings. The Kier molecular flexibility index (Phi) is 8.45. The van der Waals surface area contributed by atoms with Gasteiger partial charge in [-0.05, 0) is 12.1 Å². The van der Waals surface area contributed by atoms with Gasteiger partial charge in [-0.3, -0.25) is 4.79 Å². The van der Waals surface area contributed by atoms with Gasteiger partial charge in [0.05, 0.1) is 31.1 Å². The Morgan fingerprint density at radius 1 is 1.40 bits per heavy atom. The number of ether oxygens (including phenoxy) is 1. The molecule has 0 spiro atoms. The van der Waals surface area contributed by atoms with Gasteiger partial charge < -0.3 is 15.8 Å². The third-order valence-electron chi connectivity index (χ3n) is 2.27. The maximum Gasteiger partial charge on any atom is 0.277 e. The predicted octanol–water partition coefficient (Wildman–Crippen LogP) is 2.24. The molecule has 0 bridgehead atoms. The van der Waals surface area contributed by atoms with Gasteiger partial charge in [0.15, 0.2) is 0 Å². The molecule has 3 N–H and O–H groups in total. The largest absolute Gasteiger partial charge is 0.491 e. The molecule has 0 radical (unpaired) electrons. The molecular weight excluding hydrogens is 313 g/mol. The molecule has 4 nitrogen and oxygen atoms in total. The minimum Gasteiger partial charge on any atom is -0.491 e. The highest BCUT2D eigenvalue weighted by Gasteiger charge is 2.26. The fraction of sp³-hybridized carbons (Fsp3) is 0.417. The van der Waals surface area contributed by atoms with Crippen LogP contribution in [-0.2, 0) is 4.79 Å². The van der Waals surface area contributed by atoms with Gasteiger partial charge >= 0.3 is 0 Å². The van der Waals surface area contributed by atoms with Crippen molar-refractivity contribution in [2.24, 2.45) is 5.73 Å². The van der Waals surface area contributed by atoms with Crippen LogP contribution in [0.15, 0.2) is 24.3 Å². The van der Waals surface area contributed by atoms with Gasteiger partial charge in [0.1, 0.15) is 5.75 Å². The zero-order valence-corrected chi connectivity index (χ0v) is 12.1. The standard InChI is InChI=1S/C12H15ClF2N2O2.ClH/c13-9-3-1-2-4-10(9)19-6-5-11(18)17-8-12(14,15)7-16;/h1-4H,5-8,16H2,(H,17,18);1H. The number of hydrogen-bond acceptors (Lipinski definition) is 3. The zero-order valence-electron chi connectivity index (χ0n) is 10.6. The summed E-state index contributed by atoms with van der Waals surface area (Å²) in [6.07, 6.45) is -0.0358. The summed E-state index contributed by atoms with van der Waals surface area (Å²) in [6, 6.07) is 6.79. The second-order valence-electron chi connectivity index (χ2n) is 3.87. The van der Waals surface area contributed by atoms with E-state index < -0.39 is 24.9 Å². The van der Waals surface area contributed by atoms with Crippen LogP contribution in [0.1, 0.15) is 6.42 Å². The Labute approximate surface area is 127 Å². The van der Waals surface area contributed by atoms with Gasteiger partial charge in [-0.2, -0.15) is 0 Å². The van der Waals surface area contributed by atoms with E-state index in [0.717, 1.165) is 0 Å². The van der Waals surface area contributed by atoms with Crippen molar-refractivity contribution in [2.75, 3.05) is 19.7 Å². The Morgan fingerprint density at radius 3 is 2.65 bits per heavy atom. The third-order valence-corrected chi connectivity index (χ3v) is 2.58. The van der Waals surface area contributed by atoms with Crippen LogP contribution in [0.25, 0.3) is 0 Å². The van der Waals surface area contributed by atoms with E-state index in [-0.39, 0.29) is 25.4 Å². The summed E-state index contributed by atoms with van der Waals surface area (Å²) >= 11 is 5.84. The average molecular weight is 329 g/mol. The van der Waals surface area contributed by atoms with Crippen LogP contribution >= 0.6 is 24.0 Å². The molecular formula is C12H16Cl2F2N2O2. The average Bonchev–Trinajstić information content (AvgIpc) is 2.39. The quantitative estimate of drug-likeness (QED) is 0.806. The number of hydrogen-bond donors (Lipinski definition) is 2. The lowest BCUT2D eigenvalue weighted by atomic mass is 10.3. The van der Waals surface area contributed by atoms with E-state index in [4.69, 9.17) is 22.1 Å². The minimum atomic E-state index is -3.08. The second kappa shape index (κ2) is 8.94. The Bertz CT molecular complexity index is 434. The molecule has 1 aromatic carbocycles. The highest BCUT2D eigenvalue weighted by Crippen LogP contribution is 2.23. The van der Waals surface area contributed by atoms with E-state index >= 15 is 0 Å². The van der Waals surface area contributed by atoms with Crippen LogP contribution in [0, 0.1) is 0 Å². The number of rotatable bonds is 7. The van der Waals surface area contributed by atoms with Gasteiger partial charge in [-0.1, -0.05) is 23.7 Å². The van der Waals surface area contributed by atoms with E-state index in [2.05, 4.69) is 5.32 Å². The number of nitrogens with one attached hydrogen (secondary N) is 1. The van der Waals surface area contributed by atoms with E-state index in [1.165, 1.54) is 0 Å². The predicted molar refractivity (Wildman–Crippen MR) is 75.8 cm³/mol. The first-order valence-electron chi connectivity index (χ1n) is 5.66. The third kappa shape index (κ3) is 6.88. The molecule has 0 saturated heterocycles. The number of carbonyl (C=O) groups excluding carboxylic acids is 1. The molecule has 0 aliphatic heterocycles. The molecule has 0 fully saturated rings. The van der Waals surface area contributed by atoms with Crippen LogP contribution in [0.2, 0.25) is 5.02 Å². The molecule has 20 heavy (non-hydrogen) atoms. The van der Waals surface area contributed by atoms with Crippen molar-refractivity contribution in [3.63, 3.8) is 0 Å². The summed E-state index contributed by atoms with van der Waals surface area (Å²) in [7, 11) is 0. The van der Waals surface area contributed by atoms with Crippen LogP contribution in [0.3, 0.4) is 0 Å². The topological polar surface area (TPSA) is 64.3 Å². The number of carbonyl (C=O) groups is 1. The van der Waals surface area contributed by atoms with Crippen LogP contribution in [-0.4, -0.2) is 31.5 Å². The lowest BCUT2D eigenvalue weighted by Gasteiger charge is -2.14. The Morgan fingerprint density at radius 2 is 2.05 bits per heavy atom. The Balaban J connectivity index is 0.00000361. The first-order valence-corrected chi connectivity index (χ1v) is 6.04. The molecule has 0 unspecified atom stereocenters. The fourth-order valence-electron chi connectivity index (χ4n) is 1.20. The normalized spacial score (nSPS) is 10.6. The van der Waals surface area contributed by atoms with Gasteiger partial charge in [0.25, 0.3) is 5.92 Å². The van der Waals surface area contributed by atoms with Crippen molar-refractivity contribution in [1.29, 1.82) is 0 Å². The first kappa shape index (κ1) is 18.9. The monoisotopic (exact) mass is 328 g/mol. The summed E-state index contributed by atoms with van der Waals surface area (Å²) in [4.78, 5) is 11.3. The van der Waals surface area contributed by atoms with Crippen LogP contribution in [0.5, 0.6) is 5.75 Å². The summed E-state index contributed by atoms with van der Waals surface area (Å²) in [5, 5.41) is 2.52. The summed E-state index contributed by atoms with van der Waals surface area (Å²) in [5.41, 5.74) is 4.84. The van der Waals surface area contributed by atoms with E-state index in [1.807, 2.05) is 0 Å². The number of para-hydroxylation sites is 1. The zero-order chi connectivity index (χ0) is 14.3. The number of halogens is 4. The molecule has 1 rings (SSSR count). The van der Waals surface area contributed by atoms with Crippen molar-refractivity contribution in [3.05, 3.63) is 29.3 Å². The van der Waals surface area contributed by atoms with Gasteiger partial charge in [-0.25, -0.2) is 8.78 Å². The van der Waals surface area contributed by atoms with Crippen LogP contribution < -0.4 is 15.8 Å². The molecule has 0 aliphatic carbocycles. The maximum atomic E-state index is 12.8. The summed E-state index contributed by atoms with van der Waals surface area (Å²) in [5.74, 6) is -3.16. The molecule has 0 atom stereocenters. The summed E-state index contributed by atoms with van der Waals surface area (Å²) in [6.45, 7) is -1.51. The minimum absolute atomic E-state index is 0. The molecule has 0 heterocycles. The lowest BCUT2D eigenvalue weighted by Crippen LogP contribution is -2.41. The molecule has 8 heteroatoms. The molecule has 114 valence electrons. The number of nitrogens with two attached hydrogens (primary N) is 1. The Hall–Kier alpha value is -1.11. The molecule has 1 aromatic rings. The van der Waals surface area contributed by atoms with Gasteiger partial charge in [0, 0.05) is 0 Å². The van der Waals surface area contributed by atoms with Gasteiger partial charge in [-0.15, -0.1) is 12.4 Å². The van der Waals surface area contributed by atoms with Crippen molar-refractivity contribution < 1.29 is 18.3 Å². The van der Waals surface area contributed by atoms with Crippen molar-refractivity contribution in [2.45, 2.75) is 12.3 Å². The molecule has 1 amide bonds. The molecule has 0 saturated carbocycles. The van der Waals surface area contributed by atoms with Crippen molar-refractivity contribution in [3.8, 4) is 5.75 Å². The van der Waals surface area contributed by atoms with E-state index in [1.54, 1.807) is 24.3 Å². The smallest absolute Gasteiger partial charge is 0.277 e. The first-order chi connectivity index (χ1) is 8.94. The summed E-state index contributed by atoms with van der Waals surface area (Å²) < 4.78 is 30.8. The number of alkyl halides is 2. The van der Waals surface area contributed by atoms with E-state index in [9.17, 15) is 13.6 Å². The maximum absolute atomic E-state index is 12.8. The molecule has 0 aromatic heterocycles. The second-order valence-corrected chi connectivity index (χ2v) is 4.27. The SMILES string of the molecule is Cl.NCC(F)(F)CNC(=O)CCOc1ccccc1Cl.